The van der Waals surface area contributed by atoms with Crippen LogP contribution in [-0.2, 0) is 10.0 Å². The maximum absolute atomic E-state index is 12.0. The molecule has 1 saturated heterocycles. The quantitative estimate of drug-likeness (QED) is 0.545. The molecule has 0 saturated carbocycles. The van der Waals surface area contributed by atoms with Gasteiger partial charge in [-0.15, -0.1) is 0 Å². The first-order valence-electron chi connectivity index (χ1n) is 4.80. The summed E-state index contributed by atoms with van der Waals surface area (Å²) in [6, 6.07) is 0.176. The lowest BCUT2D eigenvalue weighted by atomic mass is 10.1. The molecule has 0 N–H and O–H groups in total. The lowest BCUT2D eigenvalue weighted by Gasteiger charge is -2.34. The molecule has 0 unspecified atom stereocenters. The first kappa shape index (κ1) is 12.7. The summed E-state index contributed by atoms with van der Waals surface area (Å²) in [5, 5.41) is -0.221. The third-order valence-electron chi connectivity index (χ3n) is 2.56. The van der Waals surface area contributed by atoms with Crippen LogP contribution in [0.15, 0.2) is 0 Å². The highest BCUT2D eigenvalue weighted by atomic mass is 127. The van der Waals surface area contributed by atoms with E-state index in [0.29, 0.717) is 0 Å². The SMILES string of the molecule is C[C@@H]1C[C@H](CI)N(C(C)(C)C)S1(=O)=O. The van der Waals surface area contributed by atoms with Crippen LogP contribution in [-0.4, -0.2) is 34.0 Å². The number of rotatable bonds is 1. The summed E-state index contributed by atoms with van der Waals surface area (Å²) < 4.78 is 26.6. The van der Waals surface area contributed by atoms with Gasteiger partial charge in [-0.2, -0.15) is 4.31 Å². The third-order valence-corrected chi connectivity index (χ3v) is 6.18. The van der Waals surface area contributed by atoms with Crippen LogP contribution >= 0.6 is 22.6 Å². The van der Waals surface area contributed by atoms with Crippen molar-refractivity contribution in [3.05, 3.63) is 0 Å². The van der Waals surface area contributed by atoms with Crippen LogP contribution in [0.1, 0.15) is 34.1 Å². The second-order valence-electron chi connectivity index (χ2n) is 4.87. The number of nitrogens with zero attached hydrogens (tertiary/aromatic N) is 1. The van der Waals surface area contributed by atoms with Crippen LogP contribution in [0, 0.1) is 0 Å². The third kappa shape index (κ3) is 2.09. The molecule has 1 heterocycles. The standard InChI is InChI=1S/C9H18INO2S/c1-7-5-8(6-10)11(9(2,3)4)14(7,12)13/h7-8H,5-6H2,1-4H3/t7-,8-/m1/s1. The summed E-state index contributed by atoms with van der Waals surface area (Å²) >= 11 is 2.27. The molecule has 0 radical (unpaired) electrons. The van der Waals surface area contributed by atoms with Gasteiger partial charge < -0.3 is 0 Å². The van der Waals surface area contributed by atoms with Crippen molar-refractivity contribution >= 4 is 32.6 Å². The fourth-order valence-corrected chi connectivity index (χ4v) is 5.27. The number of alkyl halides is 1. The highest BCUT2D eigenvalue weighted by molar-refractivity contribution is 14.1. The number of halogens is 1. The molecule has 1 aliphatic heterocycles. The van der Waals surface area contributed by atoms with Crippen LogP contribution in [0.5, 0.6) is 0 Å². The average molecular weight is 331 g/mol. The summed E-state index contributed by atoms with van der Waals surface area (Å²) in [6.07, 6.45) is 0.766. The van der Waals surface area contributed by atoms with Gasteiger partial charge in [0.15, 0.2) is 0 Å². The molecule has 5 heteroatoms. The van der Waals surface area contributed by atoms with Gasteiger partial charge in [-0.1, -0.05) is 22.6 Å². The van der Waals surface area contributed by atoms with E-state index in [9.17, 15) is 8.42 Å². The van der Waals surface area contributed by atoms with Gasteiger partial charge in [0.25, 0.3) is 0 Å². The number of hydrogen-bond donors (Lipinski definition) is 0. The van der Waals surface area contributed by atoms with Gasteiger partial charge in [-0.3, -0.25) is 0 Å². The maximum Gasteiger partial charge on any atom is 0.217 e. The van der Waals surface area contributed by atoms with Crippen molar-refractivity contribution in [1.82, 2.24) is 4.31 Å². The van der Waals surface area contributed by atoms with Crippen molar-refractivity contribution in [3.8, 4) is 0 Å². The molecule has 14 heavy (non-hydrogen) atoms. The molecule has 84 valence electrons. The largest absolute Gasteiger partial charge is 0.217 e. The normalized spacial score (nSPS) is 33.5. The highest BCUT2D eigenvalue weighted by Crippen LogP contribution is 2.35. The Balaban J connectivity index is 3.11. The summed E-state index contributed by atoms with van der Waals surface area (Å²) in [7, 11) is -3.06. The summed E-state index contributed by atoms with van der Waals surface area (Å²) in [6.45, 7) is 7.69. The zero-order valence-corrected chi connectivity index (χ0v) is 12.1. The van der Waals surface area contributed by atoms with Crippen molar-refractivity contribution in [1.29, 1.82) is 0 Å². The smallest absolute Gasteiger partial charge is 0.212 e. The van der Waals surface area contributed by atoms with Crippen molar-refractivity contribution in [2.45, 2.75) is 50.9 Å². The zero-order chi connectivity index (χ0) is 11.1. The van der Waals surface area contributed by atoms with E-state index in [-0.39, 0.29) is 16.8 Å². The van der Waals surface area contributed by atoms with E-state index >= 15 is 0 Å². The van der Waals surface area contributed by atoms with Crippen molar-refractivity contribution in [3.63, 3.8) is 0 Å². The second-order valence-corrected chi connectivity index (χ2v) is 7.97. The minimum atomic E-state index is -3.06. The average Bonchev–Trinajstić information content (AvgIpc) is 2.21. The zero-order valence-electron chi connectivity index (χ0n) is 9.12. The maximum atomic E-state index is 12.0. The van der Waals surface area contributed by atoms with Crippen molar-refractivity contribution in [2.24, 2.45) is 0 Å². The van der Waals surface area contributed by atoms with Gasteiger partial charge in [0.2, 0.25) is 10.0 Å². The van der Waals surface area contributed by atoms with E-state index in [1.807, 2.05) is 20.8 Å². The van der Waals surface area contributed by atoms with E-state index in [0.717, 1.165) is 10.8 Å². The first-order chi connectivity index (χ1) is 6.21. The Labute approximate surface area is 100 Å². The molecule has 1 fully saturated rings. The Kier molecular flexibility index (Phi) is 3.54. The van der Waals surface area contributed by atoms with E-state index in [4.69, 9.17) is 0 Å². The summed E-state index contributed by atoms with van der Waals surface area (Å²) in [5.74, 6) is 0. The number of hydrogen-bond acceptors (Lipinski definition) is 2. The highest BCUT2D eigenvalue weighted by Gasteiger charge is 2.47. The Morgan fingerprint density at radius 2 is 1.93 bits per heavy atom. The Bertz CT molecular complexity index is 307. The molecule has 0 spiro atoms. The lowest BCUT2D eigenvalue weighted by Crippen LogP contribution is -2.48. The van der Waals surface area contributed by atoms with Gasteiger partial charge in [-0.05, 0) is 34.1 Å². The van der Waals surface area contributed by atoms with E-state index in [1.54, 1.807) is 11.2 Å². The molecule has 3 nitrogen and oxygen atoms in total. The lowest BCUT2D eigenvalue weighted by molar-refractivity contribution is 0.219. The molecule has 0 aromatic carbocycles. The molecule has 1 aliphatic rings. The van der Waals surface area contributed by atoms with Crippen LogP contribution in [0.2, 0.25) is 0 Å². The van der Waals surface area contributed by atoms with E-state index < -0.39 is 10.0 Å². The molecule has 2 atom stereocenters. The van der Waals surface area contributed by atoms with Crippen molar-refractivity contribution in [2.75, 3.05) is 4.43 Å². The van der Waals surface area contributed by atoms with Crippen LogP contribution in [0.3, 0.4) is 0 Å². The fraction of sp³-hybridized carbons (Fsp3) is 1.00. The summed E-state index contributed by atoms with van der Waals surface area (Å²) in [4.78, 5) is 0. The van der Waals surface area contributed by atoms with E-state index in [2.05, 4.69) is 22.6 Å². The Morgan fingerprint density at radius 1 is 1.43 bits per heavy atom. The summed E-state index contributed by atoms with van der Waals surface area (Å²) in [5.41, 5.74) is -0.292. The Morgan fingerprint density at radius 3 is 2.21 bits per heavy atom. The monoisotopic (exact) mass is 331 g/mol. The van der Waals surface area contributed by atoms with E-state index in [1.165, 1.54) is 0 Å². The molecular weight excluding hydrogens is 313 g/mol. The molecule has 0 aromatic rings. The van der Waals surface area contributed by atoms with Crippen LogP contribution in [0.25, 0.3) is 0 Å². The van der Waals surface area contributed by atoms with Gasteiger partial charge in [0.05, 0.1) is 5.25 Å². The van der Waals surface area contributed by atoms with Gasteiger partial charge >= 0.3 is 0 Å². The molecule has 1 rings (SSSR count). The predicted octanol–water partition coefficient (Wildman–Crippen LogP) is 2.01. The Hall–Kier alpha value is 0.640. The molecule has 0 amide bonds. The minimum absolute atomic E-state index is 0.176. The van der Waals surface area contributed by atoms with Crippen molar-refractivity contribution < 1.29 is 8.42 Å². The molecule has 0 aromatic heterocycles. The van der Waals surface area contributed by atoms with Gasteiger partial charge in [-0.25, -0.2) is 8.42 Å². The van der Waals surface area contributed by atoms with Gasteiger partial charge in [0, 0.05) is 16.0 Å². The molecular formula is C9H18INO2S. The van der Waals surface area contributed by atoms with Crippen LogP contribution < -0.4 is 0 Å². The molecule has 0 aliphatic carbocycles. The fourth-order valence-electron chi connectivity index (χ4n) is 2.06. The van der Waals surface area contributed by atoms with Crippen LogP contribution in [0.4, 0.5) is 0 Å². The minimum Gasteiger partial charge on any atom is -0.212 e. The molecule has 0 bridgehead atoms. The first-order valence-corrected chi connectivity index (χ1v) is 7.83. The second kappa shape index (κ2) is 3.90. The number of sulfonamides is 1. The topological polar surface area (TPSA) is 37.4 Å². The van der Waals surface area contributed by atoms with Gasteiger partial charge in [0.1, 0.15) is 0 Å². The predicted molar refractivity (Wildman–Crippen MR) is 67.3 cm³/mol.